The zero-order chi connectivity index (χ0) is 15.1. The van der Waals surface area contributed by atoms with Crippen molar-refractivity contribution in [2.45, 2.75) is 19.8 Å². The normalized spacial score (nSPS) is 20.8. The summed E-state index contributed by atoms with van der Waals surface area (Å²) in [5.41, 5.74) is 1.25. The Kier molecular flexibility index (Phi) is 5.53. The van der Waals surface area contributed by atoms with Crippen molar-refractivity contribution in [2.75, 3.05) is 18.5 Å². The number of amides is 1. The topological polar surface area (TPSA) is 62.1 Å². The van der Waals surface area contributed by atoms with Gasteiger partial charge in [-0.05, 0) is 48.9 Å². The second-order valence-electron chi connectivity index (χ2n) is 5.43. The molecule has 1 aliphatic rings. The highest BCUT2D eigenvalue weighted by Crippen LogP contribution is 2.24. The summed E-state index contributed by atoms with van der Waals surface area (Å²) in [4.78, 5) is 11.8. The Bertz CT molecular complexity index is 543. The first-order chi connectivity index (χ1) is 10.2. The van der Waals surface area contributed by atoms with Gasteiger partial charge in [0.15, 0.2) is 0 Å². The SMILES string of the molecule is CC1CC=CCC1COCC(=O)Nc1ccc(C#N)cc1. The van der Waals surface area contributed by atoms with Gasteiger partial charge in [0.2, 0.25) is 5.91 Å². The molecule has 110 valence electrons. The predicted molar refractivity (Wildman–Crippen MR) is 81.6 cm³/mol. The van der Waals surface area contributed by atoms with Crippen LogP contribution >= 0.6 is 0 Å². The number of rotatable bonds is 5. The molecule has 0 bridgehead atoms. The Hall–Kier alpha value is -2.12. The Labute approximate surface area is 125 Å². The third-order valence-corrected chi connectivity index (χ3v) is 3.78. The molecule has 4 heteroatoms. The van der Waals surface area contributed by atoms with Crippen molar-refractivity contribution >= 4 is 11.6 Å². The maximum Gasteiger partial charge on any atom is 0.250 e. The van der Waals surface area contributed by atoms with Crippen LogP contribution in [0.15, 0.2) is 36.4 Å². The standard InChI is InChI=1S/C17H20N2O2/c1-13-4-2-3-5-15(13)11-21-12-17(20)19-16-8-6-14(10-18)7-9-16/h2-3,6-9,13,15H,4-5,11-12H2,1H3,(H,19,20). The van der Waals surface area contributed by atoms with Crippen molar-refractivity contribution in [3.63, 3.8) is 0 Å². The minimum atomic E-state index is -0.168. The second-order valence-corrected chi connectivity index (χ2v) is 5.43. The molecule has 1 amide bonds. The van der Waals surface area contributed by atoms with Crippen LogP contribution in [-0.4, -0.2) is 19.1 Å². The van der Waals surface area contributed by atoms with Crippen molar-refractivity contribution in [1.82, 2.24) is 0 Å². The number of hydrogen-bond acceptors (Lipinski definition) is 3. The molecule has 2 atom stereocenters. The lowest BCUT2D eigenvalue weighted by molar-refractivity contribution is -0.121. The van der Waals surface area contributed by atoms with E-state index in [-0.39, 0.29) is 12.5 Å². The lowest BCUT2D eigenvalue weighted by atomic mass is 9.85. The van der Waals surface area contributed by atoms with Gasteiger partial charge in [0.1, 0.15) is 6.61 Å². The van der Waals surface area contributed by atoms with E-state index in [9.17, 15) is 4.79 Å². The van der Waals surface area contributed by atoms with Crippen molar-refractivity contribution < 1.29 is 9.53 Å². The smallest absolute Gasteiger partial charge is 0.250 e. The minimum Gasteiger partial charge on any atom is -0.371 e. The van der Waals surface area contributed by atoms with Gasteiger partial charge in [0.05, 0.1) is 18.2 Å². The summed E-state index contributed by atoms with van der Waals surface area (Å²) in [6.07, 6.45) is 6.51. The molecule has 0 saturated heterocycles. The van der Waals surface area contributed by atoms with Crippen molar-refractivity contribution in [1.29, 1.82) is 5.26 Å². The fraction of sp³-hybridized carbons (Fsp3) is 0.412. The minimum absolute atomic E-state index is 0.0624. The number of benzene rings is 1. The van der Waals surface area contributed by atoms with E-state index < -0.39 is 0 Å². The van der Waals surface area contributed by atoms with Crippen LogP contribution in [-0.2, 0) is 9.53 Å². The van der Waals surface area contributed by atoms with E-state index in [0.29, 0.717) is 29.7 Å². The van der Waals surface area contributed by atoms with E-state index >= 15 is 0 Å². The molecule has 1 N–H and O–H groups in total. The molecule has 1 aliphatic carbocycles. The molecule has 1 aromatic carbocycles. The van der Waals surface area contributed by atoms with E-state index in [1.54, 1.807) is 24.3 Å². The number of ether oxygens (including phenoxy) is 1. The van der Waals surface area contributed by atoms with E-state index in [2.05, 4.69) is 24.4 Å². The summed E-state index contributed by atoms with van der Waals surface area (Å²) in [6, 6.07) is 8.81. The molecule has 21 heavy (non-hydrogen) atoms. The summed E-state index contributed by atoms with van der Waals surface area (Å²) in [5.74, 6) is 0.938. The lowest BCUT2D eigenvalue weighted by Gasteiger charge is -2.24. The van der Waals surface area contributed by atoms with Gasteiger partial charge >= 0.3 is 0 Å². The average molecular weight is 284 g/mol. The third kappa shape index (κ3) is 4.73. The molecule has 4 nitrogen and oxygen atoms in total. The van der Waals surface area contributed by atoms with Gasteiger partial charge in [-0.2, -0.15) is 5.26 Å². The molecule has 0 radical (unpaired) electrons. The fourth-order valence-corrected chi connectivity index (χ4v) is 2.37. The van der Waals surface area contributed by atoms with Gasteiger partial charge in [0.25, 0.3) is 0 Å². The van der Waals surface area contributed by atoms with Gasteiger partial charge in [-0.3, -0.25) is 4.79 Å². The van der Waals surface area contributed by atoms with Gasteiger partial charge in [-0.1, -0.05) is 19.1 Å². The molecule has 0 aliphatic heterocycles. The Morgan fingerprint density at radius 2 is 2.05 bits per heavy atom. The van der Waals surface area contributed by atoms with Crippen molar-refractivity contribution in [3.05, 3.63) is 42.0 Å². The number of carbonyl (C=O) groups excluding carboxylic acids is 1. The van der Waals surface area contributed by atoms with E-state index in [0.717, 1.165) is 12.8 Å². The van der Waals surface area contributed by atoms with Gasteiger partial charge in [-0.15, -0.1) is 0 Å². The molecule has 0 heterocycles. The molecule has 0 aromatic heterocycles. The molecule has 2 rings (SSSR count). The number of anilines is 1. The van der Waals surface area contributed by atoms with Gasteiger partial charge in [0, 0.05) is 5.69 Å². The molecular weight excluding hydrogens is 264 g/mol. The highest BCUT2D eigenvalue weighted by molar-refractivity contribution is 5.91. The predicted octanol–water partition coefficient (Wildman–Crippen LogP) is 3.12. The second kappa shape index (κ2) is 7.61. The van der Waals surface area contributed by atoms with Crippen LogP contribution < -0.4 is 5.32 Å². The first kappa shape index (κ1) is 15.3. The first-order valence-electron chi connectivity index (χ1n) is 7.22. The molecular formula is C17H20N2O2. The van der Waals surface area contributed by atoms with Crippen molar-refractivity contribution in [2.24, 2.45) is 11.8 Å². The van der Waals surface area contributed by atoms with Crippen LogP contribution in [0.5, 0.6) is 0 Å². The zero-order valence-electron chi connectivity index (χ0n) is 12.2. The largest absolute Gasteiger partial charge is 0.371 e. The molecule has 1 aromatic rings. The van der Waals surface area contributed by atoms with Crippen LogP contribution in [0.25, 0.3) is 0 Å². The Morgan fingerprint density at radius 1 is 1.33 bits per heavy atom. The summed E-state index contributed by atoms with van der Waals surface area (Å²) in [7, 11) is 0. The molecule has 2 unspecified atom stereocenters. The number of nitrogens with one attached hydrogen (secondary N) is 1. The maximum atomic E-state index is 11.8. The van der Waals surface area contributed by atoms with E-state index in [1.807, 2.05) is 6.07 Å². The Balaban J connectivity index is 1.72. The van der Waals surface area contributed by atoms with Crippen molar-refractivity contribution in [3.8, 4) is 6.07 Å². The number of nitrogens with zero attached hydrogens (tertiary/aromatic N) is 1. The lowest BCUT2D eigenvalue weighted by Crippen LogP contribution is -2.24. The van der Waals surface area contributed by atoms with Crippen LogP contribution in [0.3, 0.4) is 0 Å². The average Bonchev–Trinajstić information content (AvgIpc) is 2.50. The van der Waals surface area contributed by atoms with E-state index in [4.69, 9.17) is 10.00 Å². The van der Waals surface area contributed by atoms with Crippen LogP contribution in [0.2, 0.25) is 0 Å². The summed E-state index contributed by atoms with van der Waals surface area (Å²) in [5, 5.41) is 11.5. The number of hydrogen-bond donors (Lipinski definition) is 1. The van der Waals surface area contributed by atoms with Gasteiger partial charge in [-0.25, -0.2) is 0 Å². The molecule has 0 spiro atoms. The van der Waals surface area contributed by atoms with E-state index in [1.165, 1.54) is 0 Å². The van der Waals surface area contributed by atoms with Gasteiger partial charge < -0.3 is 10.1 Å². The number of carbonyl (C=O) groups is 1. The number of nitriles is 1. The first-order valence-corrected chi connectivity index (χ1v) is 7.22. The summed E-state index contributed by atoms with van der Waals surface area (Å²) in [6.45, 7) is 2.90. The number of allylic oxidation sites excluding steroid dienone is 2. The quantitative estimate of drug-likeness (QED) is 0.845. The third-order valence-electron chi connectivity index (χ3n) is 3.78. The maximum absolute atomic E-state index is 11.8. The fourth-order valence-electron chi connectivity index (χ4n) is 2.37. The van der Waals surface area contributed by atoms with Crippen LogP contribution in [0, 0.1) is 23.2 Å². The monoisotopic (exact) mass is 284 g/mol. The highest BCUT2D eigenvalue weighted by atomic mass is 16.5. The molecule has 0 fully saturated rings. The zero-order valence-corrected chi connectivity index (χ0v) is 12.2. The summed E-state index contributed by atoms with van der Waals surface area (Å²) >= 11 is 0. The highest BCUT2D eigenvalue weighted by Gasteiger charge is 2.18. The Morgan fingerprint density at radius 3 is 2.71 bits per heavy atom. The van der Waals surface area contributed by atoms with Crippen LogP contribution in [0.4, 0.5) is 5.69 Å². The molecule has 0 saturated carbocycles. The summed E-state index contributed by atoms with van der Waals surface area (Å²) < 4.78 is 5.52. The van der Waals surface area contributed by atoms with Crippen LogP contribution in [0.1, 0.15) is 25.3 Å².